The number of halogens is 1. The van der Waals surface area contributed by atoms with Crippen molar-refractivity contribution in [3.05, 3.63) is 63.9 Å². The summed E-state index contributed by atoms with van der Waals surface area (Å²) in [4.78, 5) is 17.3. The zero-order valence-electron chi connectivity index (χ0n) is 12.1. The van der Waals surface area contributed by atoms with Crippen LogP contribution < -0.4 is 4.80 Å². The number of carbonyl (C=O) groups is 1. The van der Waals surface area contributed by atoms with Gasteiger partial charge in [-0.3, -0.25) is 4.79 Å². The van der Waals surface area contributed by atoms with E-state index < -0.39 is 0 Å². The lowest BCUT2D eigenvalue weighted by molar-refractivity contribution is 0.0998. The average molecular weight is 331 g/mol. The zero-order valence-corrected chi connectivity index (χ0v) is 13.7. The summed E-state index contributed by atoms with van der Waals surface area (Å²) >= 11 is 7.82. The van der Waals surface area contributed by atoms with E-state index in [2.05, 4.69) is 11.9 Å². The molecule has 1 amide bonds. The fraction of sp³-hybridized carbons (Fsp3) is 0.176. The largest absolute Gasteiger partial charge is 0.315 e. The molecule has 0 spiro atoms. The molecule has 22 heavy (non-hydrogen) atoms. The second-order valence-electron chi connectivity index (χ2n) is 4.91. The van der Waals surface area contributed by atoms with Crippen molar-refractivity contribution in [1.29, 1.82) is 0 Å². The first-order valence-corrected chi connectivity index (χ1v) is 8.32. The van der Waals surface area contributed by atoms with Crippen LogP contribution in [0, 0.1) is 0 Å². The van der Waals surface area contributed by atoms with Crippen LogP contribution in [0.2, 0.25) is 5.02 Å². The number of nitrogens with zero attached hydrogens (tertiary/aromatic N) is 2. The number of fused-ring (bicyclic) bond motifs is 1. The number of carbonyl (C=O) groups excluding carboxylic acids is 1. The predicted molar refractivity (Wildman–Crippen MR) is 91.5 cm³/mol. The molecule has 1 aromatic heterocycles. The Hall–Kier alpha value is -1.91. The lowest BCUT2D eigenvalue weighted by Crippen LogP contribution is -2.17. The van der Waals surface area contributed by atoms with Gasteiger partial charge in [-0.1, -0.05) is 54.1 Å². The second kappa shape index (κ2) is 6.46. The molecule has 2 aromatic carbocycles. The van der Waals surface area contributed by atoms with E-state index in [-0.39, 0.29) is 5.91 Å². The monoisotopic (exact) mass is 330 g/mol. The van der Waals surface area contributed by atoms with Gasteiger partial charge < -0.3 is 4.57 Å². The molecule has 3 rings (SSSR count). The molecule has 0 unspecified atom stereocenters. The quantitative estimate of drug-likeness (QED) is 0.696. The Bertz CT molecular complexity index is 881. The first-order chi connectivity index (χ1) is 10.7. The summed E-state index contributed by atoms with van der Waals surface area (Å²) in [6.45, 7) is 2.88. The van der Waals surface area contributed by atoms with Gasteiger partial charge in [0.25, 0.3) is 5.91 Å². The SMILES string of the molecule is CCCn1c(=NC(=O)c2ccccc2)sc2cccc(Cl)c21. The standard InChI is InChI=1S/C17H15ClN2OS/c1-2-11-20-15-13(18)9-6-10-14(15)22-17(20)19-16(21)12-7-4-3-5-8-12/h3-10H,2,11H2,1H3. The smallest absolute Gasteiger partial charge is 0.279 e. The summed E-state index contributed by atoms with van der Waals surface area (Å²) in [5, 5.41) is 0.691. The Morgan fingerprint density at radius 1 is 1.18 bits per heavy atom. The van der Waals surface area contributed by atoms with E-state index in [4.69, 9.17) is 11.6 Å². The maximum absolute atomic E-state index is 12.3. The molecule has 0 saturated carbocycles. The molecule has 3 aromatic rings. The van der Waals surface area contributed by atoms with Crippen LogP contribution in [-0.2, 0) is 6.54 Å². The van der Waals surface area contributed by atoms with E-state index in [1.165, 1.54) is 11.3 Å². The molecule has 0 aliphatic rings. The van der Waals surface area contributed by atoms with Crippen LogP contribution >= 0.6 is 22.9 Å². The van der Waals surface area contributed by atoms with E-state index in [9.17, 15) is 4.79 Å². The Kier molecular flexibility index (Phi) is 4.41. The van der Waals surface area contributed by atoms with E-state index in [1.807, 2.05) is 41.0 Å². The second-order valence-corrected chi connectivity index (χ2v) is 6.32. The number of aromatic nitrogens is 1. The highest BCUT2D eigenvalue weighted by molar-refractivity contribution is 7.16. The van der Waals surface area contributed by atoms with Crippen LogP contribution in [-0.4, -0.2) is 10.5 Å². The molecule has 0 radical (unpaired) electrons. The molecule has 0 aliphatic carbocycles. The van der Waals surface area contributed by atoms with Crippen molar-refractivity contribution in [3.8, 4) is 0 Å². The van der Waals surface area contributed by atoms with Gasteiger partial charge >= 0.3 is 0 Å². The summed E-state index contributed by atoms with van der Waals surface area (Å²) in [7, 11) is 0. The summed E-state index contributed by atoms with van der Waals surface area (Å²) in [5.74, 6) is -0.229. The summed E-state index contributed by atoms with van der Waals surface area (Å²) in [6.07, 6.45) is 0.948. The summed E-state index contributed by atoms with van der Waals surface area (Å²) in [6, 6.07) is 14.9. The molecule has 3 nitrogen and oxygen atoms in total. The van der Waals surface area contributed by atoms with Crippen molar-refractivity contribution in [2.75, 3.05) is 0 Å². The van der Waals surface area contributed by atoms with Gasteiger partial charge in [0.15, 0.2) is 4.80 Å². The van der Waals surface area contributed by atoms with Crippen LogP contribution in [0.15, 0.2) is 53.5 Å². The fourth-order valence-corrected chi connectivity index (χ4v) is 3.75. The topological polar surface area (TPSA) is 34.4 Å². The summed E-state index contributed by atoms with van der Waals surface area (Å²) in [5.41, 5.74) is 1.55. The third-order valence-electron chi connectivity index (χ3n) is 3.32. The number of amides is 1. The molecule has 1 heterocycles. The van der Waals surface area contributed by atoms with Crippen LogP contribution in [0.3, 0.4) is 0 Å². The number of rotatable bonds is 3. The van der Waals surface area contributed by atoms with Gasteiger partial charge in [0.1, 0.15) is 0 Å². The minimum absolute atomic E-state index is 0.229. The molecule has 0 saturated heterocycles. The highest BCUT2D eigenvalue weighted by atomic mass is 35.5. The van der Waals surface area contributed by atoms with Crippen molar-refractivity contribution in [2.24, 2.45) is 4.99 Å². The number of para-hydroxylation sites is 1. The molecule has 0 N–H and O–H groups in total. The Morgan fingerprint density at radius 2 is 1.95 bits per heavy atom. The van der Waals surface area contributed by atoms with Gasteiger partial charge in [-0.2, -0.15) is 4.99 Å². The van der Waals surface area contributed by atoms with Gasteiger partial charge in [-0.05, 0) is 30.7 Å². The van der Waals surface area contributed by atoms with Crippen LogP contribution in [0.25, 0.3) is 10.2 Å². The maximum atomic E-state index is 12.3. The molecular weight excluding hydrogens is 316 g/mol. The molecule has 112 valence electrons. The number of aryl methyl sites for hydroxylation is 1. The molecule has 0 atom stereocenters. The number of hydrogen-bond donors (Lipinski definition) is 0. The molecule has 0 bridgehead atoms. The van der Waals surface area contributed by atoms with Gasteiger partial charge in [-0.15, -0.1) is 0 Å². The zero-order chi connectivity index (χ0) is 15.5. The molecular formula is C17H15ClN2OS. The highest BCUT2D eigenvalue weighted by Gasteiger charge is 2.10. The normalized spacial score (nSPS) is 12.0. The van der Waals surface area contributed by atoms with Crippen LogP contribution in [0.5, 0.6) is 0 Å². The number of benzene rings is 2. The van der Waals surface area contributed by atoms with Crippen molar-refractivity contribution < 1.29 is 4.79 Å². The predicted octanol–water partition coefficient (Wildman–Crippen LogP) is 4.51. The number of thiazole rings is 1. The van der Waals surface area contributed by atoms with E-state index >= 15 is 0 Å². The van der Waals surface area contributed by atoms with E-state index in [0.29, 0.717) is 15.4 Å². The van der Waals surface area contributed by atoms with Crippen LogP contribution in [0.1, 0.15) is 23.7 Å². The highest BCUT2D eigenvalue weighted by Crippen LogP contribution is 2.25. The van der Waals surface area contributed by atoms with Crippen molar-refractivity contribution in [3.63, 3.8) is 0 Å². The third-order valence-corrected chi connectivity index (χ3v) is 4.67. The van der Waals surface area contributed by atoms with Crippen molar-refractivity contribution in [1.82, 2.24) is 4.57 Å². The first kappa shape index (κ1) is 15.0. The Morgan fingerprint density at radius 3 is 2.68 bits per heavy atom. The summed E-state index contributed by atoms with van der Waals surface area (Å²) < 4.78 is 3.07. The van der Waals surface area contributed by atoms with Crippen molar-refractivity contribution in [2.45, 2.75) is 19.9 Å². The van der Waals surface area contributed by atoms with Crippen LogP contribution in [0.4, 0.5) is 0 Å². The minimum atomic E-state index is -0.229. The maximum Gasteiger partial charge on any atom is 0.279 e. The molecule has 0 aliphatic heterocycles. The average Bonchev–Trinajstić information content (AvgIpc) is 2.87. The molecule has 5 heteroatoms. The Balaban J connectivity index is 2.18. The van der Waals surface area contributed by atoms with Gasteiger partial charge in [0.05, 0.1) is 15.2 Å². The Labute approximate surface area is 137 Å². The minimum Gasteiger partial charge on any atom is -0.315 e. The van der Waals surface area contributed by atoms with Gasteiger partial charge in [0.2, 0.25) is 0 Å². The van der Waals surface area contributed by atoms with E-state index in [1.54, 1.807) is 12.1 Å². The first-order valence-electron chi connectivity index (χ1n) is 7.12. The number of hydrogen-bond acceptors (Lipinski definition) is 2. The molecule has 0 fully saturated rings. The fourth-order valence-electron chi connectivity index (χ4n) is 2.34. The van der Waals surface area contributed by atoms with Gasteiger partial charge in [-0.25, -0.2) is 0 Å². The van der Waals surface area contributed by atoms with E-state index in [0.717, 1.165) is 23.2 Å². The lowest BCUT2D eigenvalue weighted by atomic mass is 10.2. The van der Waals surface area contributed by atoms with Gasteiger partial charge in [0, 0.05) is 12.1 Å². The van der Waals surface area contributed by atoms with Crippen molar-refractivity contribution >= 4 is 39.1 Å². The third kappa shape index (κ3) is 2.85. The lowest BCUT2D eigenvalue weighted by Gasteiger charge is -2.04.